The molecule has 0 bridgehead atoms. The molecule has 0 aliphatic carbocycles. The number of benzene rings is 2. The number of methoxy groups -OCH3 is 1. The lowest BCUT2D eigenvalue weighted by Gasteiger charge is -2.23. The van der Waals surface area contributed by atoms with Crippen LogP contribution in [0.1, 0.15) is 18.1 Å². The topological polar surface area (TPSA) is 66.0 Å². The zero-order valence-electron chi connectivity index (χ0n) is 17.7. The summed E-state index contributed by atoms with van der Waals surface area (Å²) in [5, 5.41) is 6.08. The normalized spacial score (nSPS) is 10.7. The van der Waals surface area contributed by atoms with Crippen LogP contribution >= 0.6 is 24.0 Å². The monoisotopic (exact) mass is 528 g/mol. The maximum absolute atomic E-state index is 13.2. The summed E-state index contributed by atoms with van der Waals surface area (Å²) >= 11 is 0. The molecule has 1 amide bonds. The number of aliphatic imine (C=N–C) groups is 1. The minimum absolute atomic E-state index is 0. The van der Waals surface area contributed by atoms with Crippen LogP contribution in [0.4, 0.5) is 4.39 Å². The van der Waals surface area contributed by atoms with E-state index < -0.39 is 0 Å². The van der Waals surface area contributed by atoms with Gasteiger partial charge in [0.15, 0.2) is 5.96 Å². The Bertz CT molecular complexity index is 832. The first-order chi connectivity index (χ1) is 14.0. The van der Waals surface area contributed by atoms with Crippen molar-refractivity contribution in [1.29, 1.82) is 0 Å². The van der Waals surface area contributed by atoms with Gasteiger partial charge >= 0.3 is 0 Å². The van der Waals surface area contributed by atoms with Crippen molar-refractivity contribution in [3.63, 3.8) is 0 Å². The summed E-state index contributed by atoms with van der Waals surface area (Å²) in [5.41, 5.74) is 1.71. The fourth-order valence-corrected chi connectivity index (χ4v) is 2.89. The van der Waals surface area contributed by atoms with E-state index in [9.17, 15) is 9.18 Å². The second kappa shape index (κ2) is 13.8. The largest absolute Gasteiger partial charge is 0.496 e. The predicted molar refractivity (Wildman–Crippen MR) is 129 cm³/mol. The van der Waals surface area contributed by atoms with Gasteiger partial charge in [-0.05, 0) is 30.7 Å². The van der Waals surface area contributed by atoms with Gasteiger partial charge in [-0.2, -0.15) is 0 Å². The van der Waals surface area contributed by atoms with Crippen LogP contribution in [-0.4, -0.2) is 50.6 Å². The summed E-state index contributed by atoms with van der Waals surface area (Å²) < 4.78 is 18.6. The highest BCUT2D eigenvalue weighted by atomic mass is 127. The average molecular weight is 528 g/mol. The van der Waals surface area contributed by atoms with Gasteiger partial charge in [0.1, 0.15) is 11.6 Å². The minimum Gasteiger partial charge on any atom is -0.496 e. The second-order valence-corrected chi connectivity index (χ2v) is 6.56. The van der Waals surface area contributed by atoms with Crippen LogP contribution in [0.15, 0.2) is 53.5 Å². The van der Waals surface area contributed by atoms with Crippen LogP contribution in [0.5, 0.6) is 5.75 Å². The number of rotatable bonds is 9. The summed E-state index contributed by atoms with van der Waals surface area (Å²) in [5.74, 6) is 1.09. The molecule has 0 unspecified atom stereocenters. The molecule has 8 heteroatoms. The van der Waals surface area contributed by atoms with Gasteiger partial charge in [0.05, 0.1) is 20.1 Å². The molecule has 0 aliphatic heterocycles. The van der Waals surface area contributed by atoms with E-state index in [0.29, 0.717) is 25.2 Å². The molecule has 164 valence electrons. The Kier molecular flexibility index (Phi) is 11.8. The highest BCUT2D eigenvalue weighted by Gasteiger charge is 2.10. The van der Waals surface area contributed by atoms with Gasteiger partial charge in [-0.25, -0.2) is 4.39 Å². The van der Waals surface area contributed by atoms with Crippen LogP contribution in [0.25, 0.3) is 0 Å². The third-order valence-corrected chi connectivity index (χ3v) is 4.25. The van der Waals surface area contributed by atoms with Crippen LogP contribution < -0.4 is 15.4 Å². The molecule has 2 aromatic carbocycles. The first-order valence-electron chi connectivity index (χ1n) is 9.66. The van der Waals surface area contributed by atoms with E-state index in [1.165, 1.54) is 12.1 Å². The van der Waals surface area contributed by atoms with Crippen molar-refractivity contribution < 1.29 is 13.9 Å². The summed E-state index contributed by atoms with van der Waals surface area (Å²) in [6.07, 6.45) is 0.148. The molecular formula is C22H30FIN4O2. The van der Waals surface area contributed by atoms with Gasteiger partial charge in [0.25, 0.3) is 0 Å². The van der Waals surface area contributed by atoms with Crippen LogP contribution in [-0.2, 0) is 17.8 Å². The third kappa shape index (κ3) is 8.56. The number of halogens is 2. The molecular weight excluding hydrogens is 498 g/mol. The number of carbonyl (C=O) groups is 1. The predicted octanol–water partition coefficient (Wildman–Crippen LogP) is 3.21. The number of para-hydroxylation sites is 1. The molecule has 0 fully saturated rings. The highest BCUT2D eigenvalue weighted by Crippen LogP contribution is 2.18. The Hall–Kier alpha value is -2.36. The number of nitrogens with zero attached hydrogens (tertiary/aromatic N) is 2. The van der Waals surface area contributed by atoms with E-state index >= 15 is 0 Å². The molecule has 0 aromatic heterocycles. The SMILES string of the molecule is CCNC(=NCCNC(=O)Cc1cccc(F)c1)N(C)Cc1ccccc1OC.I. The van der Waals surface area contributed by atoms with Gasteiger partial charge in [-0.1, -0.05) is 30.3 Å². The number of carbonyl (C=O) groups excluding carboxylic acids is 1. The Morgan fingerprint density at radius 3 is 2.63 bits per heavy atom. The molecule has 0 saturated heterocycles. The first-order valence-corrected chi connectivity index (χ1v) is 9.66. The van der Waals surface area contributed by atoms with Gasteiger partial charge in [0, 0.05) is 32.2 Å². The second-order valence-electron chi connectivity index (χ2n) is 6.56. The molecule has 2 N–H and O–H groups in total. The summed E-state index contributed by atoms with van der Waals surface area (Å²) in [6, 6.07) is 13.9. The maximum atomic E-state index is 13.2. The molecule has 0 heterocycles. The molecule has 0 atom stereocenters. The molecule has 6 nitrogen and oxygen atoms in total. The van der Waals surface area contributed by atoms with E-state index in [2.05, 4.69) is 15.6 Å². The molecule has 0 radical (unpaired) electrons. The van der Waals surface area contributed by atoms with E-state index in [1.807, 2.05) is 43.1 Å². The van der Waals surface area contributed by atoms with Gasteiger partial charge < -0.3 is 20.3 Å². The molecule has 2 rings (SSSR count). The van der Waals surface area contributed by atoms with Gasteiger partial charge in [0.2, 0.25) is 5.91 Å². The fraction of sp³-hybridized carbons (Fsp3) is 0.364. The zero-order chi connectivity index (χ0) is 21.1. The van der Waals surface area contributed by atoms with Crippen molar-refractivity contribution >= 4 is 35.8 Å². The lowest BCUT2D eigenvalue weighted by Crippen LogP contribution is -2.39. The first kappa shape index (κ1) is 25.7. The molecule has 2 aromatic rings. The van der Waals surface area contributed by atoms with Crippen LogP contribution in [0, 0.1) is 5.82 Å². The fourth-order valence-electron chi connectivity index (χ4n) is 2.89. The highest BCUT2D eigenvalue weighted by molar-refractivity contribution is 14.0. The standard InChI is InChI=1S/C22H29FN4O2.HI/c1-4-24-22(27(2)16-18-9-5-6-11-20(18)29-3)26-13-12-25-21(28)15-17-8-7-10-19(23)14-17;/h5-11,14H,4,12-13,15-16H2,1-3H3,(H,24,26)(H,25,28);1H. The van der Waals surface area contributed by atoms with Crippen molar-refractivity contribution in [2.75, 3.05) is 33.8 Å². The Morgan fingerprint density at radius 2 is 1.93 bits per heavy atom. The smallest absolute Gasteiger partial charge is 0.224 e. The van der Waals surface area contributed by atoms with Crippen molar-refractivity contribution in [2.45, 2.75) is 19.9 Å². The number of amides is 1. The Balaban J connectivity index is 0.00000450. The molecule has 30 heavy (non-hydrogen) atoms. The Morgan fingerprint density at radius 1 is 1.17 bits per heavy atom. The summed E-state index contributed by atoms with van der Waals surface area (Å²) in [4.78, 5) is 18.6. The molecule has 0 aliphatic rings. The quantitative estimate of drug-likeness (QED) is 0.227. The van der Waals surface area contributed by atoms with E-state index in [0.717, 1.165) is 23.8 Å². The number of hydrogen-bond acceptors (Lipinski definition) is 3. The number of ether oxygens (including phenoxy) is 1. The molecule has 0 saturated carbocycles. The van der Waals surface area contributed by atoms with Crippen molar-refractivity contribution in [3.8, 4) is 5.75 Å². The van der Waals surface area contributed by atoms with E-state index in [4.69, 9.17) is 4.74 Å². The lowest BCUT2D eigenvalue weighted by molar-refractivity contribution is -0.120. The van der Waals surface area contributed by atoms with Gasteiger partial charge in [-0.15, -0.1) is 24.0 Å². The summed E-state index contributed by atoms with van der Waals surface area (Å²) in [7, 11) is 3.61. The number of guanidine groups is 1. The van der Waals surface area contributed by atoms with Crippen LogP contribution in [0.2, 0.25) is 0 Å². The van der Waals surface area contributed by atoms with Crippen molar-refractivity contribution in [1.82, 2.24) is 15.5 Å². The average Bonchev–Trinajstić information content (AvgIpc) is 2.70. The van der Waals surface area contributed by atoms with Crippen molar-refractivity contribution in [3.05, 3.63) is 65.5 Å². The maximum Gasteiger partial charge on any atom is 0.224 e. The minimum atomic E-state index is -0.340. The third-order valence-electron chi connectivity index (χ3n) is 4.25. The van der Waals surface area contributed by atoms with E-state index in [1.54, 1.807) is 19.2 Å². The lowest BCUT2D eigenvalue weighted by atomic mass is 10.1. The summed E-state index contributed by atoms with van der Waals surface area (Å²) in [6.45, 7) is 4.23. The van der Waals surface area contributed by atoms with E-state index in [-0.39, 0.29) is 42.1 Å². The van der Waals surface area contributed by atoms with Crippen LogP contribution in [0.3, 0.4) is 0 Å². The van der Waals surface area contributed by atoms with Crippen molar-refractivity contribution in [2.24, 2.45) is 4.99 Å². The molecule has 0 spiro atoms. The van der Waals surface area contributed by atoms with Gasteiger partial charge in [-0.3, -0.25) is 9.79 Å². The Labute approximate surface area is 194 Å². The number of nitrogens with one attached hydrogen (secondary N) is 2. The number of hydrogen-bond donors (Lipinski definition) is 2. The zero-order valence-corrected chi connectivity index (χ0v) is 20.0.